The van der Waals surface area contributed by atoms with Gasteiger partial charge in [0.1, 0.15) is 0 Å². The summed E-state index contributed by atoms with van der Waals surface area (Å²) in [5.74, 6) is 0.417. The largest absolute Gasteiger partial charge is 0 e. The van der Waals surface area contributed by atoms with E-state index in [0.29, 0.717) is 0 Å². The molecule has 0 amide bonds. The SMILES string of the molecule is CC1CC=CC=CC1=O.[C-]#[O+].[C-]#[O+].[C-]#[O+].[Fe]. The van der Waals surface area contributed by atoms with Crippen molar-refractivity contribution in [1.82, 2.24) is 0 Å². The molecule has 0 heterocycles. The van der Waals surface area contributed by atoms with Gasteiger partial charge in [0.25, 0.3) is 0 Å². The van der Waals surface area contributed by atoms with Crippen LogP contribution in [0.25, 0.3) is 0 Å². The molecule has 0 spiro atoms. The van der Waals surface area contributed by atoms with E-state index in [0.717, 1.165) is 6.42 Å². The summed E-state index contributed by atoms with van der Waals surface area (Å²) < 4.78 is 22.5. The number of carbonyl (C=O) groups excluding carboxylic acids is 1. The number of allylic oxidation sites excluding steroid dienone is 4. The van der Waals surface area contributed by atoms with Crippen LogP contribution in [0.1, 0.15) is 13.3 Å². The second kappa shape index (κ2) is 23.6. The molecule has 0 N–H and O–H groups in total. The average molecular weight is 262 g/mol. The summed E-state index contributed by atoms with van der Waals surface area (Å²) in [6, 6.07) is 0. The summed E-state index contributed by atoms with van der Waals surface area (Å²) in [6.45, 7) is 15.4. The van der Waals surface area contributed by atoms with Crippen molar-refractivity contribution in [2.24, 2.45) is 5.92 Å². The quantitative estimate of drug-likeness (QED) is 0.371. The van der Waals surface area contributed by atoms with E-state index in [9.17, 15) is 4.79 Å². The van der Waals surface area contributed by atoms with Crippen LogP contribution in [0.3, 0.4) is 0 Å². The molecule has 0 aromatic rings. The van der Waals surface area contributed by atoms with Crippen LogP contribution in [0.15, 0.2) is 24.3 Å². The Morgan fingerprint density at radius 3 is 2.00 bits per heavy atom. The van der Waals surface area contributed by atoms with Gasteiger partial charge in [-0.15, -0.1) is 0 Å². The van der Waals surface area contributed by atoms with Crippen molar-refractivity contribution in [3.63, 3.8) is 0 Å². The third kappa shape index (κ3) is 15.4. The van der Waals surface area contributed by atoms with Gasteiger partial charge in [0.05, 0.1) is 0 Å². The normalized spacial score (nSPS) is 15.2. The Hall–Kier alpha value is -1.11. The van der Waals surface area contributed by atoms with Crippen LogP contribution in [0.4, 0.5) is 0 Å². The van der Waals surface area contributed by atoms with E-state index in [4.69, 9.17) is 14.0 Å². The predicted octanol–water partition coefficient (Wildman–Crippen LogP) is 1.59. The summed E-state index contributed by atoms with van der Waals surface area (Å²) in [5.41, 5.74) is 0. The number of carbonyl (C=O) groups is 1. The zero-order valence-corrected chi connectivity index (χ0v) is 9.68. The van der Waals surface area contributed by atoms with Crippen molar-refractivity contribution >= 4 is 5.78 Å². The van der Waals surface area contributed by atoms with Gasteiger partial charge in [-0.1, -0.05) is 25.2 Å². The van der Waals surface area contributed by atoms with E-state index in [-0.39, 0.29) is 28.8 Å². The Labute approximate surface area is 105 Å². The van der Waals surface area contributed by atoms with Gasteiger partial charge in [-0.05, 0) is 12.5 Å². The Bertz CT molecular complexity index is 259. The Balaban J connectivity index is -0.0000000900. The average Bonchev–Trinajstić information content (AvgIpc) is 2.53. The van der Waals surface area contributed by atoms with Gasteiger partial charge in [0.15, 0.2) is 5.78 Å². The van der Waals surface area contributed by atoms with Gasteiger partial charge in [0, 0.05) is 23.0 Å². The van der Waals surface area contributed by atoms with Gasteiger partial charge in [-0.25, -0.2) is 0 Å². The predicted molar refractivity (Wildman–Crippen MR) is 48.9 cm³/mol. The van der Waals surface area contributed by atoms with E-state index in [1.807, 2.05) is 19.1 Å². The molecule has 0 radical (unpaired) electrons. The first kappa shape index (κ1) is 24.2. The van der Waals surface area contributed by atoms with E-state index in [1.54, 1.807) is 12.2 Å². The van der Waals surface area contributed by atoms with Gasteiger partial charge in [0.2, 0.25) is 0 Å². The molecule has 0 aromatic heterocycles. The first-order valence-electron chi connectivity index (χ1n) is 3.79. The number of ketones is 1. The van der Waals surface area contributed by atoms with Crippen molar-refractivity contribution < 1.29 is 35.8 Å². The minimum Gasteiger partial charge on any atom is 0 e. The van der Waals surface area contributed by atoms with Crippen LogP contribution in [0.5, 0.6) is 0 Å². The molecule has 5 heteroatoms. The van der Waals surface area contributed by atoms with Crippen molar-refractivity contribution in [2.45, 2.75) is 13.3 Å². The second-order valence-electron chi connectivity index (χ2n) is 2.33. The second-order valence-corrected chi connectivity index (χ2v) is 2.33. The third-order valence-electron chi connectivity index (χ3n) is 1.48. The standard InChI is InChI=1S/C8H10O.3CO.Fe/c1-7-5-3-2-4-6-8(7)9;3*1-2;/h2-4,6-7H,5H2,1H3;;;;. The topological polar surface area (TPSA) is 76.8 Å². The molecule has 86 valence electrons. The minimum absolute atomic E-state index is 0. The summed E-state index contributed by atoms with van der Waals surface area (Å²) in [6.07, 6.45) is 8.25. The van der Waals surface area contributed by atoms with Gasteiger partial charge >= 0.3 is 33.9 Å². The van der Waals surface area contributed by atoms with Crippen LogP contribution in [0.2, 0.25) is 0 Å². The van der Waals surface area contributed by atoms with Crippen LogP contribution in [-0.4, -0.2) is 5.78 Å². The minimum atomic E-state index is 0. The van der Waals surface area contributed by atoms with Gasteiger partial charge < -0.3 is 0 Å². The van der Waals surface area contributed by atoms with Gasteiger partial charge in [-0.2, -0.15) is 0 Å². The number of hydrogen-bond donors (Lipinski definition) is 0. The summed E-state index contributed by atoms with van der Waals surface area (Å²) in [7, 11) is 0. The Morgan fingerprint density at radius 2 is 1.56 bits per heavy atom. The van der Waals surface area contributed by atoms with E-state index in [1.165, 1.54) is 0 Å². The summed E-state index contributed by atoms with van der Waals surface area (Å²) >= 11 is 0. The smallest absolute Gasteiger partial charge is 0 e. The number of rotatable bonds is 0. The number of hydrogen-bond acceptors (Lipinski definition) is 1. The molecule has 0 aliphatic heterocycles. The van der Waals surface area contributed by atoms with Crippen molar-refractivity contribution in [2.75, 3.05) is 0 Å². The Kier molecular flexibility index (Phi) is 35.7. The molecule has 1 atom stereocenters. The molecule has 1 rings (SSSR count). The molecule has 1 unspecified atom stereocenters. The third-order valence-corrected chi connectivity index (χ3v) is 1.48. The zero-order chi connectivity index (χ0) is 12.7. The maximum absolute atomic E-state index is 10.9. The van der Waals surface area contributed by atoms with Crippen molar-refractivity contribution in [3.8, 4) is 0 Å². The van der Waals surface area contributed by atoms with Crippen LogP contribution in [-0.2, 0) is 35.8 Å². The first-order chi connectivity index (χ1) is 7.30. The summed E-state index contributed by atoms with van der Waals surface area (Å²) in [4.78, 5) is 10.9. The van der Waals surface area contributed by atoms with E-state index >= 15 is 0 Å². The molecule has 16 heavy (non-hydrogen) atoms. The fourth-order valence-corrected chi connectivity index (χ4v) is 0.792. The van der Waals surface area contributed by atoms with Gasteiger partial charge in [-0.3, -0.25) is 4.79 Å². The van der Waals surface area contributed by atoms with Crippen molar-refractivity contribution in [3.05, 3.63) is 44.3 Å². The molecule has 0 saturated heterocycles. The molecule has 4 nitrogen and oxygen atoms in total. The maximum atomic E-state index is 10.9. The van der Waals surface area contributed by atoms with E-state index in [2.05, 4.69) is 20.0 Å². The summed E-state index contributed by atoms with van der Waals surface area (Å²) in [5, 5.41) is 0. The molecule has 1 aliphatic rings. The fourth-order valence-electron chi connectivity index (χ4n) is 0.792. The maximum Gasteiger partial charge on any atom is 0 e. The molecule has 0 aromatic carbocycles. The monoisotopic (exact) mass is 262 g/mol. The van der Waals surface area contributed by atoms with Crippen LogP contribution in [0, 0.1) is 25.9 Å². The molecule has 0 fully saturated rings. The molecule has 0 saturated carbocycles. The zero-order valence-electron chi connectivity index (χ0n) is 8.58. The van der Waals surface area contributed by atoms with Crippen LogP contribution < -0.4 is 0 Å². The fraction of sp³-hybridized carbons (Fsp3) is 0.273. The molecule has 1 aliphatic carbocycles. The molecular weight excluding hydrogens is 252 g/mol. The van der Waals surface area contributed by atoms with Crippen molar-refractivity contribution in [1.29, 1.82) is 0 Å². The first-order valence-corrected chi connectivity index (χ1v) is 3.79. The molecule has 0 bridgehead atoms. The Morgan fingerprint density at radius 1 is 1.12 bits per heavy atom. The molecular formula is C11H10FeO4. The van der Waals surface area contributed by atoms with Crippen LogP contribution >= 0.6 is 0 Å². The van der Waals surface area contributed by atoms with E-state index < -0.39 is 0 Å².